The lowest BCUT2D eigenvalue weighted by Crippen LogP contribution is -2.03. The number of nitrogens with zero attached hydrogens (tertiary/aromatic N) is 1. The molecule has 1 N–H and O–H groups in total. The van der Waals surface area contributed by atoms with E-state index in [1.54, 1.807) is 11.3 Å². The van der Waals surface area contributed by atoms with Gasteiger partial charge in [0.15, 0.2) is 0 Å². The summed E-state index contributed by atoms with van der Waals surface area (Å²) in [7, 11) is 0. The number of nitrogens with one attached hydrogen (secondary N) is 1. The summed E-state index contributed by atoms with van der Waals surface area (Å²) in [6.07, 6.45) is 6.64. The van der Waals surface area contributed by atoms with Crippen molar-refractivity contribution in [3.63, 3.8) is 0 Å². The third-order valence-electron chi connectivity index (χ3n) is 3.84. The van der Waals surface area contributed by atoms with Gasteiger partial charge in [0.05, 0.1) is 11.3 Å². The maximum Gasteiger partial charge on any atom is 0.256 e. The molecule has 0 saturated heterocycles. The van der Waals surface area contributed by atoms with Crippen LogP contribution in [-0.4, -0.2) is 10.9 Å². The predicted octanol–water partition coefficient (Wildman–Crippen LogP) is 3.51. The van der Waals surface area contributed by atoms with Crippen LogP contribution >= 0.6 is 11.3 Å². The standard InChI is InChI=1S/C16H14N2OS/c19-16-11(10-5-1-2-6-12(10)18-16)9-15-17-13-7-3-4-8-14(13)20-15/h1-2,5-6,9H,3-4,7-8H2,(H,18,19). The van der Waals surface area contributed by atoms with Crippen molar-refractivity contribution < 1.29 is 4.79 Å². The Bertz CT molecular complexity index is 706. The zero-order chi connectivity index (χ0) is 13.5. The molecule has 2 heterocycles. The zero-order valence-electron chi connectivity index (χ0n) is 11.0. The molecule has 4 heteroatoms. The Morgan fingerprint density at radius 1 is 1.20 bits per heavy atom. The SMILES string of the molecule is O=C1Nc2ccccc2C1=Cc1nc2c(s1)CCCC2. The van der Waals surface area contributed by atoms with Crippen molar-refractivity contribution in [2.75, 3.05) is 5.32 Å². The maximum atomic E-state index is 12.1. The Kier molecular flexibility index (Phi) is 2.70. The fourth-order valence-corrected chi connectivity index (χ4v) is 3.94. The van der Waals surface area contributed by atoms with Crippen LogP contribution in [0.2, 0.25) is 0 Å². The minimum Gasteiger partial charge on any atom is -0.321 e. The number of aromatic nitrogens is 1. The average Bonchev–Trinajstić information content (AvgIpc) is 3.00. The molecule has 0 bridgehead atoms. The molecule has 1 aromatic carbocycles. The topological polar surface area (TPSA) is 42.0 Å². The summed E-state index contributed by atoms with van der Waals surface area (Å²) >= 11 is 1.73. The smallest absolute Gasteiger partial charge is 0.256 e. The number of fused-ring (bicyclic) bond motifs is 2. The van der Waals surface area contributed by atoms with Crippen LogP contribution in [0.1, 0.15) is 34.0 Å². The highest BCUT2D eigenvalue weighted by molar-refractivity contribution is 7.12. The molecule has 2 aromatic rings. The second-order valence-electron chi connectivity index (χ2n) is 5.19. The van der Waals surface area contributed by atoms with Gasteiger partial charge in [-0.2, -0.15) is 0 Å². The molecule has 0 radical (unpaired) electrons. The van der Waals surface area contributed by atoms with Gasteiger partial charge in [-0.05, 0) is 37.8 Å². The summed E-state index contributed by atoms with van der Waals surface area (Å²) in [5.41, 5.74) is 3.84. The van der Waals surface area contributed by atoms with E-state index in [1.807, 2.05) is 30.3 Å². The summed E-state index contributed by atoms with van der Waals surface area (Å²) in [6.45, 7) is 0. The monoisotopic (exact) mass is 282 g/mol. The number of rotatable bonds is 1. The van der Waals surface area contributed by atoms with E-state index in [4.69, 9.17) is 0 Å². The molecular weight excluding hydrogens is 268 g/mol. The van der Waals surface area contributed by atoms with Crippen LogP contribution < -0.4 is 5.32 Å². The normalized spacial score (nSPS) is 18.8. The molecule has 20 heavy (non-hydrogen) atoms. The number of hydrogen-bond donors (Lipinski definition) is 1. The first-order valence-corrected chi connectivity index (χ1v) is 7.74. The van der Waals surface area contributed by atoms with Crippen molar-refractivity contribution in [3.8, 4) is 0 Å². The van der Waals surface area contributed by atoms with Gasteiger partial charge in [-0.1, -0.05) is 18.2 Å². The van der Waals surface area contributed by atoms with Crippen molar-refractivity contribution in [1.82, 2.24) is 4.98 Å². The van der Waals surface area contributed by atoms with Gasteiger partial charge in [0.2, 0.25) is 0 Å². The molecular formula is C16H14N2OS. The number of anilines is 1. The van der Waals surface area contributed by atoms with Gasteiger partial charge in [0.1, 0.15) is 5.01 Å². The minimum atomic E-state index is -0.0284. The highest BCUT2D eigenvalue weighted by atomic mass is 32.1. The summed E-state index contributed by atoms with van der Waals surface area (Å²) in [4.78, 5) is 18.2. The third kappa shape index (κ3) is 1.88. The van der Waals surface area contributed by atoms with Crippen LogP contribution in [0.15, 0.2) is 24.3 Å². The summed E-state index contributed by atoms with van der Waals surface area (Å²) in [6, 6.07) is 7.80. The summed E-state index contributed by atoms with van der Waals surface area (Å²) < 4.78 is 0. The lowest BCUT2D eigenvalue weighted by molar-refractivity contribution is -0.110. The number of hydrogen-bond acceptors (Lipinski definition) is 3. The number of benzene rings is 1. The van der Waals surface area contributed by atoms with Crippen LogP contribution in [0.4, 0.5) is 5.69 Å². The van der Waals surface area contributed by atoms with Crippen LogP contribution in [0.25, 0.3) is 11.6 Å². The quantitative estimate of drug-likeness (QED) is 0.813. The van der Waals surface area contributed by atoms with E-state index >= 15 is 0 Å². The molecule has 3 nitrogen and oxygen atoms in total. The first-order valence-electron chi connectivity index (χ1n) is 6.92. The Morgan fingerprint density at radius 3 is 2.95 bits per heavy atom. The fraction of sp³-hybridized carbons (Fsp3) is 0.250. The van der Waals surface area contributed by atoms with Crippen molar-refractivity contribution in [3.05, 3.63) is 45.4 Å². The van der Waals surface area contributed by atoms with Gasteiger partial charge in [-0.25, -0.2) is 4.98 Å². The molecule has 0 atom stereocenters. The third-order valence-corrected chi connectivity index (χ3v) is 4.94. The highest BCUT2D eigenvalue weighted by Gasteiger charge is 2.24. The second-order valence-corrected chi connectivity index (χ2v) is 6.30. The lowest BCUT2D eigenvalue weighted by atomic mass is 10.0. The number of amides is 1. The molecule has 1 aliphatic carbocycles. The number of carbonyl (C=O) groups is 1. The first-order chi connectivity index (χ1) is 9.81. The van der Waals surface area contributed by atoms with E-state index in [1.165, 1.54) is 23.4 Å². The second kappa shape index (κ2) is 4.56. The molecule has 0 fully saturated rings. The largest absolute Gasteiger partial charge is 0.321 e. The van der Waals surface area contributed by atoms with Gasteiger partial charge in [0, 0.05) is 16.1 Å². The van der Waals surface area contributed by atoms with Crippen molar-refractivity contribution in [1.29, 1.82) is 0 Å². The molecule has 4 rings (SSSR count). The van der Waals surface area contributed by atoms with E-state index in [0.29, 0.717) is 0 Å². The Hall–Kier alpha value is -1.94. The Balaban J connectivity index is 1.77. The van der Waals surface area contributed by atoms with Crippen LogP contribution in [-0.2, 0) is 17.6 Å². The van der Waals surface area contributed by atoms with Gasteiger partial charge in [-0.3, -0.25) is 4.79 Å². The molecule has 0 unspecified atom stereocenters. The molecule has 2 aliphatic rings. The molecule has 1 amide bonds. The average molecular weight is 282 g/mol. The van der Waals surface area contributed by atoms with E-state index < -0.39 is 0 Å². The van der Waals surface area contributed by atoms with Gasteiger partial charge < -0.3 is 5.32 Å². The molecule has 1 aliphatic heterocycles. The number of thiazole rings is 1. The predicted molar refractivity (Wildman–Crippen MR) is 81.7 cm³/mol. The van der Waals surface area contributed by atoms with Gasteiger partial charge >= 0.3 is 0 Å². The summed E-state index contributed by atoms with van der Waals surface area (Å²) in [5, 5.41) is 3.86. The highest BCUT2D eigenvalue weighted by Crippen LogP contribution is 2.34. The fourth-order valence-electron chi connectivity index (χ4n) is 2.84. The number of para-hydroxylation sites is 1. The number of aryl methyl sites for hydroxylation is 2. The number of carbonyl (C=O) groups excluding carboxylic acids is 1. The lowest BCUT2D eigenvalue weighted by Gasteiger charge is -2.06. The summed E-state index contributed by atoms with van der Waals surface area (Å²) in [5.74, 6) is -0.0284. The Morgan fingerprint density at radius 2 is 2.05 bits per heavy atom. The van der Waals surface area contributed by atoms with Crippen molar-refractivity contribution in [2.24, 2.45) is 0 Å². The minimum absolute atomic E-state index is 0.0284. The molecule has 0 spiro atoms. The van der Waals surface area contributed by atoms with Crippen LogP contribution in [0.3, 0.4) is 0 Å². The van der Waals surface area contributed by atoms with Crippen LogP contribution in [0.5, 0.6) is 0 Å². The van der Waals surface area contributed by atoms with E-state index in [-0.39, 0.29) is 5.91 Å². The molecule has 100 valence electrons. The van der Waals surface area contributed by atoms with Crippen molar-refractivity contribution >= 4 is 34.6 Å². The van der Waals surface area contributed by atoms with E-state index in [9.17, 15) is 4.79 Å². The van der Waals surface area contributed by atoms with Crippen molar-refractivity contribution in [2.45, 2.75) is 25.7 Å². The van der Waals surface area contributed by atoms with Gasteiger partial charge in [0.25, 0.3) is 5.91 Å². The Labute approximate surface area is 121 Å². The maximum absolute atomic E-state index is 12.1. The van der Waals surface area contributed by atoms with Gasteiger partial charge in [-0.15, -0.1) is 11.3 Å². The zero-order valence-corrected chi connectivity index (χ0v) is 11.8. The van der Waals surface area contributed by atoms with E-state index in [0.717, 1.165) is 34.7 Å². The van der Waals surface area contributed by atoms with E-state index in [2.05, 4.69) is 10.3 Å². The molecule has 1 aromatic heterocycles. The van der Waals surface area contributed by atoms with Crippen LogP contribution in [0, 0.1) is 0 Å². The first kappa shape index (κ1) is 11.9. The molecule has 0 saturated carbocycles.